The normalized spacial score (nSPS) is 37.4. The van der Waals surface area contributed by atoms with Gasteiger partial charge < -0.3 is 10.0 Å². The predicted molar refractivity (Wildman–Crippen MR) is 142 cm³/mol. The van der Waals surface area contributed by atoms with Crippen LogP contribution in [0.15, 0.2) is 24.3 Å². The van der Waals surface area contributed by atoms with Crippen molar-refractivity contribution in [3.05, 3.63) is 35.4 Å². The highest BCUT2D eigenvalue weighted by atomic mass is 32.2. The number of nitrogens with zero attached hydrogens (tertiary/aromatic N) is 3. The zero-order valence-electron chi connectivity index (χ0n) is 22.4. The standard InChI is InChI=1S/C29H39N3O5S/c1-27(2)20-8-10-29(27,24(15-20)32-25(34)23-16-21(33)17-31(23)26(32)35)18-38(36,37)30-13-11-28(12-14-30)9-7-19-5-3-4-6-22(19)28/h3-6,20-21,23-24,33H,7-18H2,1-2H3/t20-,21?,23+,24+,29-/m1/s1. The Labute approximate surface area is 225 Å². The van der Waals surface area contributed by atoms with E-state index >= 15 is 0 Å². The van der Waals surface area contributed by atoms with Gasteiger partial charge in [-0.25, -0.2) is 17.5 Å². The quantitative estimate of drug-likeness (QED) is 0.591. The van der Waals surface area contributed by atoms with Crippen molar-refractivity contribution < 1.29 is 23.1 Å². The molecule has 0 aromatic heterocycles. The molecule has 1 spiro atoms. The molecule has 3 aliphatic carbocycles. The molecule has 6 aliphatic rings. The van der Waals surface area contributed by atoms with E-state index in [0.29, 0.717) is 25.9 Å². The molecule has 1 aromatic rings. The molecule has 9 heteroatoms. The molecular formula is C29H39N3O5S. The number of amides is 3. The number of piperidine rings is 1. The molecule has 5 fully saturated rings. The van der Waals surface area contributed by atoms with Crippen molar-refractivity contribution in [1.29, 1.82) is 0 Å². The van der Waals surface area contributed by atoms with Gasteiger partial charge in [0.05, 0.1) is 11.9 Å². The van der Waals surface area contributed by atoms with Gasteiger partial charge in [0.15, 0.2) is 0 Å². The Morgan fingerprint density at radius 3 is 2.47 bits per heavy atom. The van der Waals surface area contributed by atoms with Gasteiger partial charge in [0, 0.05) is 37.5 Å². The number of hydrogen-bond acceptors (Lipinski definition) is 5. The number of sulfonamides is 1. The lowest BCUT2D eigenvalue weighted by atomic mass is 9.68. The molecule has 3 amide bonds. The first-order valence-electron chi connectivity index (χ1n) is 14.4. The first-order chi connectivity index (χ1) is 18.0. The van der Waals surface area contributed by atoms with E-state index in [2.05, 4.69) is 38.1 Å². The van der Waals surface area contributed by atoms with Crippen molar-refractivity contribution in [3.63, 3.8) is 0 Å². The molecule has 1 N–H and O–H groups in total. The minimum atomic E-state index is -3.60. The first kappa shape index (κ1) is 25.0. The zero-order valence-corrected chi connectivity index (χ0v) is 23.3. The summed E-state index contributed by atoms with van der Waals surface area (Å²) in [6.07, 6.45) is 5.75. The molecule has 2 saturated carbocycles. The van der Waals surface area contributed by atoms with Crippen molar-refractivity contribution in [2.75, 3.05) is 25.4 Å². The van der Waals surface area contributed by atoms with Gasteiger partial charge in [0.25, 0.3) is 5.91 Å². The summed E-state index contributed by atoms with van der Waals surface area (Å²) in [5.74, 6) is 0.0164. The van der Waals surface area contributed by atoms with Gasteiger partial charge in [0.2, 0.25) is 10.0 Å². The van der Waals surface area contributed by atoms with Crippen molar-refractivity contribution in [2.45, 2.75) is 88.8 Å². The van der Waals surface area contributed by atoms with Gasteiger partial charge in [-0.1, -0.05) is 38.1 Å². The van der Waals surface area contributed by atoms with Crippen LogP contribution in [0.3, 0.4) is 0 Å². The smallest absolute Gasteiger partial charge is 0.327 e. The van der Waals surface area contributed by atoms with E-state index in [1.54, 1.807) is 4.31 Å². The predicted octanol–water partition coefficient (Wildman–Crippen LogP) is 2.89. The molecule has 206 valence electrons. The summed E-state index contributed by atoms with van der Waals surface area (Å²) in [5, 5.41) is 10.0. The highest BCUT2D eigenvalue weighted by Gasteiger charge is 2.70. The number of urea groups is 1. The van der Waals surface area contributed by atoms with Crippen molar-refractivity contribution in [2.24, 2.45) is 16.7 Å². The minimum absolute atomic E-state index is 0.0118. The fourth-order valence-corrected chi connectivity index (χ4v) is 11.8. The summed E-state index contributed by atoms with van der Waals surface area (Å²) < 4.78 is 29.9. The average molecular weight is 542 g/mol. The second kappa shape index (κ2) is 8.04. The van der Waals surface area contributed by atoms with E-state index in [4.69, 9.17) is 0 Å². The monoisotopic (exact) mass is 541 g/mol. The minimum Gasteiger partial charge on any atom is -0.391 e. The van der Waals surface area contributed by atoms with E-state index in [1.165, 1.54) is 20.9 Å². The van der Waals surface area contributed by atoms with Crippen LogP contribution in [0.4, 0.5) is 4.79 Å². The average Bonchev–Trinajstić information content (AvgIpc) is 3.61. The maximum atomic E-state index is 14.1. The van der Waals surface area contributed by atoms with Gasteiger partial charge in [0.1, 0.15) is 6.04 Å². The largest absolute Gasteiger partial charge is 0.391 e. The molecule has 5 atom stereocenters. The van der Waals surface area contributed by atoms with Crippen molar-refractivity contribution >= 4 is 22.0 Å². The number of fused-ring (bicyclic) bond motifs is 5. The molecule has 0 radical (unpaired) electrons. The summed E-state index contributed by atoms with van der Waals surface area (Å²) in [4.78, 5) is 29.8. The van der Waals surface area contributed by atoms with Gasteiger partial charge in [-0.2, -0.15) is 0 Å². The van der Waals surface area contributed by atoms with E-state index in [1.807, 2.05) is 0 Å². The highest BCUT2D eigenvalue weighted by Crippen LogP contribution is 2.68. The third-order valence-corrected chi connectivity index (χ3v) is 14.0. The summed E-state index contributed by atoms with van der Waals surface area (Å²) in [7, 11) is -3.60. The molecule has 3 heterocycles. The van der Waals surface area contributed by atoms with E-state index in [-0.39, 0.29) is 47.4 Å². The zero-order chi connectivity index (χ0) is 26.7. The lowest BCUT2D eigenvalue weighted by Gasteiger charge is -2.46. The Hall–Kier alpha value is -1.97. The van der Waals surface area contributed by atoms with Crippen LogP contribution in [0.2, 0.25) is 0 Å². The Morgan fingerprint density at radius 1 is 1.03 bits per heavy atom. The van der Waals surface area contributed by atoms with Crippen LogP contribution in [0.25, 0.3) is 0 Å². The van der Waals surface area contributed by atoms with Gasteiger partial charge in [-0.3, -0.25) is 9.69 Å². The summed E-state index contributed by atoms with van der Waals surface area (Å²) >= 11 is 0. The Balaban J connectivity index is 1.15. The Morgan fingerprint density at radius 2 is 1.76 bits per heavy atom. The molecule has 3 aliphatic heterocycles. The van der Waals surface area contributed by atoms with E-state index < -0.39 is 33.6 Å². The van der Waals surface area contributed by atoms with E-state index in [0.717, 1.165) is 32.1 Å². The third-order valence-electron chi connectivity index (χ3n) is 11.9. The number of aryl methyl sites for hydroxylation is 1. The number of aliphatic hydroxyl groups excluding tert-OH is 1. The third kappa shape index (κ3) is 3.18. The molecule has 2 bridgehead atoms. The SMILES string of the molecule is CC1(C)[C@@H]2CC[C@@]1(CS(=O)(=O)N1CCC3(CCc4ccccc43)CC1)[C@@H](N1C(=O)[C@@H]3CC(O)CN3C1=O)C2. The topological polar surface area (TPSA) is 98.2 Å². The number of hydrogen-bond donors (Lipinski definition) is 1. The molecular weight excluding hydrogens is 502 g/mol. The van der Waals surface area contributed by atoms with Crippen LogP contribution < -0.4 is 0 Å². The highest BCUT2D eigenvalue weighted by molar-refractivity contribution is 7.89. The van der Waals surface area contributed by atoms with Crippen LogP contribution in [0.1, 0.15) is 69.9 Å². The molecule has 3 saturated heterocycles. The molecule has 38 heavy (non-hydrogen) atoms. The van der Waals surface area contributed by atoms with E-state index in [9.17, 15) is 23.1 Å². The number of benzene rings is 1. The lowest BCUT2D eigenvalue weighted by Crippen LogP contribution is -2.57. The second-order valence-electron chi connectivity index (χ2n) is 13.5. The fraction of sp³-hybridized carbons (Fsp3) is 0.724. The number of aliphatic hydroxyl groups is 1. The van der Waals surface area contributed by atoms with Crippen LogP contribution >= 0.6 is 0 Å². The number of carbonyl (C=O) groups is 2. The van der Waals surface area contributed by atoms with Gasteiger partial charge >= 0.3 is 6.03 Å². The van der Waals surface area contributed by atoms with Crippen LogP contribution in [-0.2, 0) is 26.7 Å². The molecule has 8 nitrogen and oxygen atoms in total. The molecule has 7 rings (SSSR count). The molecule has 1 aromatic carbocycles. The Bertz CT molecular complexity index is 1280. The number of imide groups is 1. The second-order valence-corrected chi connectivity index (χ2v) is 15.5. The lowest BCUT2D eigenvalue weighted by molar-refractivity contribution is -0.131. The fourth-order valence-electron chi connectivity index (χ4n) is 9.56. The maximum absolute atomic E-state index is 14.1. The van der Waals surface area contributed by atoms with Gasteiger partial charge in [-0.05, 0) is 72.8 Å². The van der Waals surface area contributed by atoms with Crippen LogP contribution in [-0.4, -0.2) is 83.1 Å². The summed E-state index contributed by atoms with van der Waals surface area (Å²) in [6, 6.07) is 7.25. The maximum Gasteiger partial charge on any atom is 0.327 e. The van der Waals surface area contributed by atoms with Crippen LogP contribution in [0.5, 0.6) is 0 Å². The first-order valence-corrected chi connectivity index (χ1v) is 16.0. The summed E-state index contributed by atoms with van der Waals surface area (Å²) in [6.45, 7) is 5.52. The van der Waals surface area contributed by atoms with Gasteiger partial charge in [-0.15, -0.1) is 0 Å². The Kier molecular flexibility index (Phi) is 5.30. The summed E-state index contributed by atoms with van der Waals surface area (Å²) in [5.41, 5.74) is 1.94. The molecule has 1 unspecified atom stereocenters. The van der Waals surface area contributed by atoms with Crippen molar-refractivity contribution in [3.8, 4) is 0 Å². The van der Waals surface area contributed by atoms with Crippen LogP contribution in [0, 0.1) is 16.7 Å². The number of rotatable bonds is 4. The van der Waals surface area contributed by atoms with Crippen molar-refractivity contribution in [1.82, 2.24) is 14.1 Å². The number of carbonyl (C=O) groups excluding carboxylic acids is 2.